The van der Waals surface area contributed by atoms with Gasteiger partial charge in [0.05, 0.1) is 5.02 Å². The van der Waals surface area contributed by atoms with Crippen LogP contribution in [0.1, 0.15) is 5.56 Å². The van der Waals surface area contributed by atoms with Gasteiger partial charge in [-0.2, -0.15) is 0 Å². The lowest BCUT2D eigenvalue weighted by atomic mass is 10.1. The van der Waals surface area contributed by atoms with E-state index in [0.717, 1.165) is 27.7 Å². The number of nitrogen functional groups attached to an aromatic ring is 1. The summed E-state index contributed by atoms with van der Waals surface area (Å²) in [5.74, 6) is 1.53. The Morgan fingerprint density at radius 2 is 2.10 bits per heavy atom. The second-order valence-electron chi connectivity index (χ2n) is 4.48. The van der Waals surface area contributed by atoms with Crippen LogP contribution in [0.15, 0.2) is 47.5 Å². The fourth-order valence-electron chi connectivity index (χ4n) is 1.89. The highest BCUT2D eigenvalue weighted by Gasteiger charge is 2.11. The summed E-state index contributed by atoms with van der Waals surface area (Å²) < 4.78 is 0. The van der Waals surface area contributed by atoms with Gasteiger partial charge in [0, 0.05) is 22.9 Å². The van der Waals surface area contributed by atoms with E-state index in [2.05, 4.69) is 10.3 Å². The Kier molecular flexibility index (Phi) is 5.71. The fraction of sp³-hybridized carbons (Fsp3) is 0.267. The third kappa shape index (κ3) is 4.13. The number of likely N-dealkylation sites (N-methyl/N-ethyl adjacent to an activating group) is 1. The van der Waals surface area contributed by atoms with Gasteiger partial charge in [0.1, 0.15) is 5.82 Å². The number of nitrogens with one attached hydrogen (secondary N) is 1. The zero-order chi connectivity index (χ0) is 14.4. The molecule has 5 heteroatoms. The Morgan fingerprint density at radius 1 is 1.30 bits per heavy atom. The average molecular weight is 308 g/mol. The molecule has 0 aliphatic heterocycles. The number of nitrogens with two attached hydrogens (primary N) is 1. The van der Waals surface area contributed by atoms with E-state index in [1.807, 2.05) is 43.4 Å². The molecular weight excluding hydrogens is 290 g/mol. The molecule has 0 bridgehead atoms. The van der Waals surface area contributed by atoms with Crippen LogP contribution in [0.3, 0.4) is 0 Å². The van der Waals surface area contributed by atoms with Crippen LogP contribution < -0.4 is 11.1 Å². The summed E-state index contributed by atoms with van der Waals surface area (Å²) in [6.45, 7) is 0. The van der Waals surface area contributed by atoms with Crippen molar-refractivity contribution >= 4 is 29.2 Å². The number of pyridine rings is 1. The maximum atomic E-state index is 6.17. The normalized spacial score (nSPS) is 12.3. The fourth-order valence-corrected chi connectivity index (χ4v) is 3.23. The number of anilines is 1. The van der Waals surface area contributed by atoms with Gasteiger partial charge >= 0.3 is 0 Å². The van der Waals surface area contributed by atoms with Crippen molar-refractivity contribution in [1.82, 2.24) is 10.3 Å². The Morgan fingerprint density at radius 3 is 2.80 bits per heavy atom. The summed E-state index contributed by atoms with van der Waals surface area (Å²) in [5, 5.41) is 4.12. The van der Waals surface area contributed by atoms with Crippen LogP contribution in [0.2, 0.25) is 5.02 Å². The van der Waals surface area contributed by atoms with Crippen molar-refractivity contribution in [2.45, 2.75) is 17.4 Å². The molecule has 0 spiro atoms. The average Bonchev–Trinajstić information content (AvgIpc) is 2.47. The number of thioether (sulfide) groups is 1. The molecule has 0 radical (unpaired) electrons. The van der Waals surface area contributed by atoms with Crippen LogP contribution in [0, 0.1) is 0 Å². The second-order valence-corrected chi connectivity index (χ2v) is 5.95. The van der Waals surface area contributed by atoms with E-state index in [1.165, 1.54) is 0 Å². The molecule has 1 atom stereocenters. The molecule has 0 aliphatic rings. The van der Waals surface area contributed by atoms with E-state index in [4.69, 9.17) is 17.3 Å². The number of nitrogens with zero attached hydrogens (tertiary/aromatic N) is 1. The first kappa shape index (κ1) is 15.2. The highest BCUT2D eigenvalue weighted by molar-refractivity contribution is 7.99. The molecule has 1 heterocycles. The minimum absolute atomic E-state index is 0.322. The van der Waals surface area contributed by atoms with Gasteiger partial charge in [0.2, 0.25) is 0 Å². The molecule has 0 fully saturated rings. The largest absolute Gasteiger partial charge is 0.383 e. The summed E-state index contributed by atoms with van der Waals surface area (Å²) >= 11 is 7.91. The van der Waals surface area contributed by atoms with E-state index < -0.39 is 0 Å². The molecule has 0 amide bonds. The van der Waals surface area contributed by atoms with E-state index in [-0.39, 0.29) is 0 Å². The van der Waals surface area contributed by atoms with Crippen molar-refractivity contribution in [3.63, 3.8) is 0 Å². The second kappa shape index (κ2) is 7.53. The first-order chi connectivity index (χ1) is 9.70. The zero-order valence-electron chi connectivity index (χ0n) is 11.3. The van der Waals surface area contributed by atoms with Gasteiger partial charge in [-0.05, 0) is 37.2 Å². The predicted octanol–water partition coefficient (Wildman–Crippen LogP) is 3.24. The van der Waals surface area contributed by atoms with E-state index in [0.29, 0.717) is 11.9 Å². The highest BCUT2D eigenvalue weighted by atomic mass is 35.5. The molecular formula is C15H18ClN3S. The van der Waals surface area contributed by atoms with Crippen LogP contribution >= 0.6 is 23.4 Å². The van der Waals surface area contributed by atoms with Crippen LogP contribution in [0.5, 0.6) is 0 Å². The molecule has 0 saturated heterocycles. The SMILES string of the molecule is CNC(CSc1ccccc1Cl)Cc1cccnc1N. The lowest BCUT2D eigenvalue weighted by molar-refractivity contribution is 0.617. The van der Waals surface area contributed by atoms with Gasteiger partial charge in [-0.1, -0.05) is 29.8 Å². The van der Waals surface area contributed by atoms with Gasteiger partial charge in [-0.3, -0.25) is 0 Å². The van der Waals surface area contributed by atoms with Gasteiger partial charge in [-0.15, -0.1) is 11.8 Å². The smallest absolute Gasteiger partial charge is 0.126 e. The van der Waals surface area contributed by atoms with Gasteiger partial charge in [0.25, 0.3) is 0 Å². The highest BCUT2D eigenvalue weighted by Crippen LogP contribution is 2.27. The molecule has 2 rings (SSSR count). The van der Waals surface area contributed by atoms with Gasteiger partial charge in [0.15, 0.2) is 0 Å². The van der Waals surface area contributed by atoms with Crippen molar-refractivity contribution < 1.29 is 0 Å². The third-order valence-electron chi connectivity index (χ3n) is 3.08. The van der Waals surface area contributed by atoms with E-state index in [9.17, 15) is 0 Å². The van der Waals surface area contributed by atoms with Crippen molar-refractivity contribution in [1.29, 1.82) is 0 Å². The molecule has 1 aromatic heterocycles. The maximum absolute atomic E-state index is 6.17. The first-order valence-corrected chi connectivity index (χ1v) is 7.81. The standard InChI is InChI=1S/C15H18ClN3S/c1-18-12(9-11-5-4-8-19-15(11)17)10-20-14-7-3-2-6-13(14)16/h2-8,12,18H,9-10H2,1H3,(H2,17,19). The Bertz CT molecular complexity index is 562. The summed E-state index contributed by atoms with van der Waals surface area (Å²) in [6.07, 6.45) is 2.57. The van der Waals surface area contributed by atoms with Crippen molar-refractivity contribution in [2.24, 2.45) is 0 Å². The predicted molar refractivity (Wildman–Crippen MR) is 87.4 cm³/mol. The van der Waals surface area contributed by atoms with Crippen molar-refractivity contribution in [3.8, 4) is 0 Å². The number of rotatable bonds is 6. The molecule has 3 N–H and O–H groups in total. The summed E-state index contributed by atoms with van der Waals surface area (Å²) in [5.41, 5.74) is 6.96. The molecule has 20 heavy (non-hydrogen) atoms. The zero-order valence-corrected chi connectivity index (χ0v) is 12.9. The number of aromatic nitrogens is 1. The number of benzene rings is 1. The molecule has 0 aliphatic carbocycles. The molecule has 106 valence electrons. The molecule has 2 aromatic rings. The van der Waals surface area contributed by atoms with Crippen LogP contribution in [0.25, 0.3) is 0 Å². The number of hydrogen-bond donors (Lipinski definition) is 2. The quantitative estimate of drug-likeness (QED) is 0.804. The Hall–Kier alpha value is -1.23. The summed E-state index contributed by atoms with van der Waals surface area (Å²) in [7, 11) is 1.96. The van der Waals surface area contributed by atoms with Gasteiger partial charge in [-0.25, -0.2) is 4.98 Å². The minimum Gasteiger partial charge on any atom is -0.383 e. The van der Waals surface area contributed by atoms with Gasteiger partial charge < -0.3 is 11.1 Å². The summed E-state index contributed by atoms with van der Waals surface area (Å²) in [6, 6.07) is 12.2. The van der Waals surface area contributed by atoms with Crippen molar-refractivity contribution in [2.75, 3.05) is 18.5 Å². The third-order valence-corrected chi connectivity index (χ3v) is 4.76. The lowest BCUT2D eigenvalue weighted by Gasteiger charge is -2.17. The van der Waals surface area contributed by atoms with E-state index in [1.54, 1.807) is 18.0 Å². The lowest BCUT2D eigenvalue weighted by Crippen LogP contribution is -2.30. The molecule has 3 nitrogen and oxygen atoms in total. The Balaban J connectivity index is 1.96. The Labute approximate surface area is 128 Å². The van der Waals surface area contributed by atoms with Crippen LogP contribution in [0.4, 0.5) is 5.82 Å². The number of hydrogen-bond acceptors (Lipinski definition) is 4. The minimum atomic E-state index is 0.322. The summed E-state index contributed by atoms with van der Waals surface area (Å²) in [4.78, 5) is 5.23. The molecule has 1 aromatic carbocycles. The molecule has 1 unspecified atom stereocenters. The topological polar surface area (TPSA) is 50.9 Å². The maximum Gasteiger partial charge on any atom is 0.126 e. The molecule has 0 saturated carbocycles. The number of halogens is 1. The van der Waals surface area contributed by atoms with Crippen LogP contribution in [-0.4, -0.2) is 23.8 Å². The van der Waals surface area contributed by atoms with Crippen molar-refractivity contribution in [3.05, 3.63) is 53.2 Å². The first-order valence-electron chi connectivity index (χ1n) is 6.44. The van der Waals surface area contributed by atoms with E-state index >= 15 is 0 Å². The monoisotopic (exact) mass is 307 g/mol. The van der Waals surface area contributed by atoms with Crippen LogP contribution in [-0.2, 0) is 6.42 Å².